The number of halogens is 2. The van der Waals surface area contributed by atoms with E-state index < -0.39 is 0 Å². The molecule has 0 saturated heterocycles. The molecule has 78 valence electrons. The van der Waals surface area contributed by atoms with Crippen LogP contribution in [0.2, 0.25) is 0 Å². The molecular formula is C10H14BrFN2. The van der Waals surface area contributed by atoms with Crippen LogP contribution < -0.4 is 0 Å². The topological polar surface area (TPSA) is 17.8 Å². The fourth-order valence-electron chi connectivity index (χ4n) is 2.08. The highest BCUT2D eigenvalue weighted by molar-refractivity contribution is 9.10. The van der Waals surface area contributed by atoms with Gasteiger partial charge in [-0.3, -0.25) is 0 Å². The lowest BCUT2D eigenvalue weighted by molar-refractivity contribution is 0.343. The molecule has 1 aliphatic carbocycles. The molecule has 0 spiro atoms. The molecule has 0 atom stereocenters. The van der Waals surface area contributed by atoms with E-state index in [4.69, 9.17) is 0 Å². The van der Waals surface area contributed by atoms with Gasteiger partial charge in [-0.1, -0.05) is 25.7 Å². The Balaban J connectivity index is 2.16. The van der Waals surface area contributed by atoms with Gasteiger partial charge in [-0.05, 0) is 28.8 Å². The van der Waals surface area contributed by atoms with E-state index in [1.807, 2.05) is 0 Å². The summed E-state index contributed by atoms with van der Waals surface area (Å²) in [6.07, 6.45) is 8.61. The molecule has 0 aliphatic heterocycles. The molecule has 0 bridgehead atoms. The number of rotatable bonds is 1. The predicted molar refractivity (Wildman–Crippen MR) is 56.6 cm³/mol. The Bertz CT molecular complexity index is 303. The molecule has 0 radical (unpaired) electrons. The van der Waals surface area contributed by atoms with Crippen molar-refractivity contribution < 1.29 is 4.39 Å². The van der Waals surface area contributed by atoms with Crippen molar-refractivity contribution in [2.45, 2.75) is 44.6 Å². The summed E-state index contributed by atoms with van der Waals surface area (Å²) in [6, 6.07) is 0.267. The summed E-state index contributed by atoms with van der Waals surface area (Å²) >= 11 is 3.14. The first-order valence-corrected chi connectivity index (χ1v) is 5.97. The maximum Gasteiger partial charge on any atom is 0.226 e. The van der Waals surface area contributed by atoms with Gasteiger partial charge in [0, 0.05) is 0 Å². The summed E-state index contributed by atoms with van der Waals surface area (Å²) in [6.45, 7) is 0. The highest BCUT2D eigenvalue weighted by Crippen LogP contribution is 2.28. The maximum absolute atomic E-state index is 13.5. The smallest absolute Gasteiger partial charge is 0.226 e. The van der Waals surface area contributed by atoms with Gasteiger partial charge in [0.15, 0.2) is 0 Å². The first-order chi connectivity index (χ1) is 6.79. The van der Waals surface area contributed by atoms with E-state index in [0.29, 0.717) is 4.47 Å². The number of hydrogen-bond acceptors (Lipinski definition) is 1. The summed E-state index contributed by atoms with van der Waals surface area (Å²) in [5, 5.41) is 4.08. The fourth-order valence-corrected chi connectivity index (χ4v) is 2.36. The van der Waals surface area contributed by atoms with Crippen molar-refractivity contribution in [3.8, 4) is 0 Å². The fraction of sp³-hybridized carbons (Fsp3) is 0.700. The lowest BCUT2D eigenvalue weighted by Gasteiger charge is -2.14. The molecule has 0 aromatic carbocycles. The SMILES string of the molecule is Fc1c(Br)cnn1C1CCCCCC1. The average molecular weight is 261 g/mol. The van der Waals surface area contributed by atoms with Gasteiger partial charge < -0.3 is 0 Å². The van der Waals surface area contributed by atoms with Gasteiger partial charge in [0.1, 0.15) is 0 Å². The first kappa shape index (κ1) is 10.1. The minimum atomic E-state index is -0.225. The van der Waals surface area contributed by atoms with Crippen LogP contribution in [0.1, 0.15) is 44.6 Å². The molecular weight excluding hydrogens is 247 g/mol. The minimum absolute atomic E-state index is 0.225. The van der Waals surface area contributed by atoms with Gasteiger partial charge in [0.25, 0.3) is 0 Å². The zero-order valence-electron chi connectivity index (χ0n) is 8.05. The summed E-state index contributed by atoms with van der Waals surface area (Å²) in [5.74, 6) is -0.225. The molecule has 2 rings (SSSR count). The maximum atomic E-state index is 13.5. The Morgan fingerprint density at radius 2 is 1.93 bits per heavy atom. The van der Waals surface area contributed by atoms with Gasteiger partial charge in [0.2, 0.25) is 5.95 Å². The van der Waals surface area contributed by atoms with E-state index in [9.17, 15) is 4.39 Å². The van der Waals surface area contributed by atoms with Crippen molar-refractivity contribution in [1.82, 2.24) is 9.78 Å². The summed E-state index contributed by atoms with van der Waals surface area (Å²) in [4.78, 5) is 0. The summed E-state index contributed by atoms with van der Waals surface area (Å²) in [5.41, 5.74) is 0. The Hall–Kier alpha value is -0.380. The predicted octanol–water partition coefficient (Wildman–Crippen LogP) is 3.68. The van der Waals surface area contributed by atoms with Gasteiger partial charge in [-0.25, -0.2) is 4.68 Å². The molecule has 1 aliphatic rings. The van der Waals surface area contributed by atoms with E-state index in [0.717, 1.165) is 12.8 Å². The third-order valence-corrected chi connectivity index (χ3v) is 3.40. The molecule has 1 aromatic rings. The zero-order chi connectivity index (χ0) is 9.97. The quantitative estimate of drug-likeness (QED) is 0.705. The van der Waals surface area contributed by atoms with Crippen LogP contribution >= 0.6 is 15.9 Å². The average Bonchev–Trinajstić information content (AvgIpc) is 2.47. The van der Waals surface area contributed by atoms with Gasteiger partial charge in [-0.2, -0.15) is 9.49 Å². The van der Waals surface area contributed by atoms with Crippen molar-refractivity contribution in [2.75, 3.05) is 0 Å². The summed E-state index contributed by atoms with van der Waals surface area (Å²) < 4.78 is 15.5. The molecule has 2 nitrogen and oxygen atoms in total. The normalized spacial score (nSPS) is 19.6. The molecule has 0 N–H and O–H groups in total. The van der Waals surface area contributed by atoms with Crippen molar-refractivity contribution in [2.24, 2.45) is 0 Å². The van der Waals surface area contributed by atoms with Crippen LogP contribution in [0.5, 0.6) is 0 Å². The van der Waals surface area contributed by atoms with Crippen LogP contribution in [0, 0.1) is 5.95 Å². The molecule has 1 saturated carbocycles. The highest BCUT2D eigenvalue weighted by Gasteiger charge is 2.19. The molecule has 0 unspecified atom stereocenters. The van der Waals surface area contributed by atoms with E-state index in [1.54, 1.807) is 6.20 Å². The van der Waals surface area contributed by atoms with Crippen LogP contribution in [0.15, 0.2) is 10.7 Å². The van der Waals surface area contributed by atoms with Crippen molar-refractivity contribution in [3.05, 3.63) is 16.6 Å². The van der Waals surface area contributed by atoms with E-state index >= 15 is 0 Å². The van der Waals surface area contributed by atoms with Crippen LogP contribution in [-0.2, 0) is 0 Å². The second-order valence-electron chi connectivity index (χ2n) is 3.87. The molecule has 14 heavy (non-hydrogen) atoms. The molecule has 1 heterocycles. The lowest BCUT2D eigenvalue weighted by Crippen LogP contribution is -2.11. The molecule has 4 heteroatoms. The Kier molecular flexibility index (Phi) is 3.21. The lowest BCUT2D eigenvalue weighted by atomic mass is 10.1. The molecule has 1 fully saturated rings. The Morgan fingerprint density at radius 1 is 1.29 bits per heavy atom. The molecule has 1 aromatic heterocycles. The first-order valence-electron chi connectivity index (χ1n) is 5.17. The van der Waals surface area contributed by atoms with Crippen LogP contribution in [0.4, 0.5) is 4.39 Å². The third-order valence-electron chi connectivity index (χ3n) is 2.86. The van der Waals surface area contributed by atoms with Gasteiger partial charge in [-0.15, -0.1) is 0 Å². The third kappa shape index (κ3) is 2.00. The number of nitrogens with zero attached hydrogens (tertiary/aromatic N) is 2. The van der Waals surface area contributed by atoms with Gasteiger partial charge in [0.05, 0.1) is 16.7 Å². The highest BCUT2D eigenvalue weighted by atomic mass is 79.9. The van der Waals surface area contributed by atoms with Crippen molar-refractivity contribution in [3.63, 3.8) is 0 Å². The molecule has 0 amide bonds. The second kappa shape index (κ2) is 4.43. The van der Waals surface area contributed by atoms with E-state index in [1.165, 1.54) is 30.4 Å². The Morgan fingerprint density at radius 3 is 2.43 bits per heavy atom. The van der Waals surface area contributed by atoms with Crippen molar-refractivity contribution >= 4 is 15.9 Å². The number of hydrogen-bond donors (Lipinski definition) is 0. The number of aromatic nitrogens is 2. The van der Waals surface area contributed by atoms with Crippen LogP contribution in [0.25, 0.3) is 0 Å². The zero-order valence-corrected chi connectivity index (χ0v) is 9.63. The summed E-state index contributed by atoms with van der Waals surface area (Å²) in [7, 11) is 0. The Labute approximate surface area is 91.6 Å². The van der Waals surface area contributed by atoms with E-state index in [-0.39, 0.29) is 12.0 Å². The largest absolute Gasteiger partial charge is 0.236 e. The standard InChI is InChI=1S/C10H14BrFN2/c11-9-7-13-14(10(9)12)8-5-3-1-2-4-6-8/h7-8H,1-6H2. The monoisotopic (exact) mass is 260 g/mol. The van der Waals surface area contributed by atoms with Crippen molar-refractivity contribution in [1.29, 1.82) is 0 Å². The van der Waals surface area contributed by atoms with Crippen LogP contribution in [-0.4, -0.2) is 9.78 Å². The second-order valence-corrected chi connectivity index (χ2v) is 4.73. The van der Waals surface area contributed by atoms with Crippen LogP contribution in [0.3, 0.4) is 0 Å². The van der Waals surface area contributed by atoms with Gasteiger partial charge >= 0.3 is 0 Å². The van der Waals surface area contributed by atoms with E-state index in [2.05, 4.69) is 21.0 Å². The minimum Gasteiger partial charge on any atom is -0.236 e.